The first-order valence-electron chi connectivity index (χ1n) is 9.35. The van der Waals surface area contributed by atoms with Gasteiger partial charge in [-0.3, -0.25) is 5.01 Å². The summed E-state index contributed by atoms with van der Waals surface area (Å²) >= 11 is 0. The summed E-state index contributed by atoms with van der Waals surface area (Å²) in [5.74, 6) is -0.188. The number of hydrazone groups is 1. The minimum Gasteiger partial charge on any atom is -0.464 e. The van der Waals surface area contributed by atoms with E-state index < -0.39 is 19.7 Å². The van der Waals surface area contributed by atoms with Gasteiger partial charge in [-0.05, 0) is 24.0 Å². The lowest BCUT2D eigenvalue weighted by molar-refractivity contribution is -0.146. The van der Waals surface area contributed by atoms with E-state index in [4.69, 9.17) is 5.11 Å². The van der Waals surface area contributed by atoms with Crippen molar-refractivity contribution in [2.24, 2.45) is 11.0 Å². The fourth-order valence-corrected chi connectivity index (χ4v) is 3.17. The number of hydrogen-bond donors (Lipinski definition) is 3. The van der Waals surface area contributed by atoms with Crippen molar-refractivity contribution in [2.75, 3.05) is 26.3 Å². The molecule has 3 rings (SSSR count). The molecule has 2 aliphatic rings. The van der Waals surface area contributed by atoms with Crippen LogP contribution in [0.4, 0.5) is 0 Å². The van der Waals surface area contributed by atoms with Gasteiger partial charge in [0.2, 0.25) is 0 Å². The van der Waals surface area contributed by atoms with E-state index >= 15 is 0 Å². The molecule has 0 spiro atoms. The lowest BCUT2D eigenvalue weighted by atomic mass is 9.68. The molecule has 7 nitrogen and oxygen atoms in total. The van der Waals surface area contributed by atoms with E-state index in [0.29, 0.717) is 24.5 Å². The molecular formula is C20H27BN2O5. The summed E-state index contributed by atoms with van der Waals surface area (Å²) in [6.45, 7) is 5.22. The molecule has 150 valence electrons. The van der Waals surface area contributed by atoms with Gasteiger partial charge in [-0.15, -0.1) is 0 Å². The lowest BCUT2D eigenvalue weighted by Gasteiger charge is -2.22. The molecule has 3 N–H and O–H groups in total. The fraction of sp³-hybridized carbons (Fsp3) is 0.400. The predicted octanol–water partition coefficient (Wildman–Crippen LogP) is 1.13. The minimum atomic E-state index is -1.41. The van der Waals surface area contributed by atoms with E-state index in [-0.39, 0.29) is 5.92 Å². The van der Waals surface area contributed by atoms with Crippen LogP contribution in [0.2, 0.25) is 0 Å². The van der Waals surface area contributed by atoms with Crippen LogP contribution in [0.25, 0.3) is 0 Å². The number of aliphatic hydroxyl groups is 1. The molecule has 28 heavy (non-hydrogen) atoms. The van der Waals surface area contributed by atoms with Gasteiger partial charge in [0.25, 0.3) is 0 Å². The largest absolute Gasteiger partial charge is 0.484 e. The second kappa shape index (κ2) is 10.8. The summed E-state index contributed by atoms with van der Waals surface area (Å²) in [4.78, 5) is 9.94. The third-order valence-corrected chi connectivity index (χ3v) is 4.55. The molecule has 1 aliphatic carbocycles. The first-order valence-corrected chi connectivity index (χ1v) is 9.35. The smallest absolute Gasteiger partial charge is 0.464 e. The Morgan fingerprint density at radius 1 is 1.36 bits per heavy atom. The van der Waals surface area contributed by atoms with Crippen molar-refractivity contribution in [1.29, 1.82) is 0 Å². The summed E-state index contributed by atoms with van der Waals surface area (Å²) in [5, 5.41) is 33.5. The van der Waals surface area contributed by atoms with Crippen LogP contribution in [0.3, 0.4) is 0 Å². The van der Waals surface area contributed by atoms with Crippen molar-refractivity contribution in [1.82, 2.24) is 5.01 Å². The van der Waals surface area contributed by atoms with Gasteiger partial charge in [-0.2, -0.15) is 5.10 Å². The average Bonchev–Trinajstić information content (AvgIpc) is 3.11. The molecule has 0 fully saturated rings. The molecule has 1 aromatic rings. The Balaban J connectivity index is 0.000000345. The maximum Gasteiger partial charge on any atom is 0.484 e. The molecule has 0 aromatic heterocycles. The second-order valence-electron chi connectivity index (χ2n) is 6.62. The van der Waals surface area contributed by atoms with Crippen LogP contribution in [0.15, 0.2) is 59.1 Å². The number of carbonyl (C=O) groups is 1. The Hall–Kier alpha value is -2.42. The predicted molar refractivity (Wildman–Crippen MR) is 108 cm³/mol. The SMILES string of the molecule is CC(CN1CC2C(B(O)O)=CC=CC2=N1)c1ccccc1.CCOC(=O)CO. The standard InChI is InChI=1S/C16H19BN2O2.C4H8O3/c1-12(13-6-3-2-4-7-13)10-19-11-14-15(17(20)21)8-5-9-16(14)18-19;1-2-7-4(6)3-5/h2-9,12,14,20-21H,10-11H2,1H3;5H,2-3H2,1H3. The van der Waals surface area contributed by atoms with Gasteiger partial charge in [-0.25, -0.2) is 4.79 Å². The molecule has 1 aliphatic heterocycles. The van der Waals surface area contributed by atoms with Gasteiger partial charge in [-0.1, -0.05) is 49.4 Å². The molecule has 0 amide bonds. The van der Waals surface area contributed by atoms with Crippen molar-refractivity contribution in [3.05, 3.63) is 59.6 Å². The van der Waals surface area contributed by atoms with Crippen LogP contribution in [-0.2, 0) is 9.53 Å². The van der Waals surface area contributed by atoms with Crippen LogP contribution in [0, 0.1) is 5.92 Å². The highest BCUT2D eigenvalue weighted by Crippen LogP contribution is 2.28. The highest BCUT2D eigenvalue weighted by atomic mass is 16.5. The van der Waals surface area contributed by atoms with Gasteiger partial charge in [0.15, 0.2) is 0 Å². The molecule has 0 saturated heterocycles. The summed E-state index contributed by atoms with van der Waals surface area (Å²) in [6.07, 6.45) is 5.55. The van der Waals surface area contributed by atoms with Crippen LogP contribution in [0.5, 0.6) is 0 Å². The Morgan fingerprint density at radius 2 is 2.07 bits per heavy atom. The van der Waals surface area contributed by atoms with Crippen molar-refractivity contribution >= 4 is 18.8 Å². The molecule has 2 atom stereocenters. The van der Waals surface area contributed by atoms with Crippen LogP contribution in [0.1, 0.15) is 25.3 Å². The molecule has 8 heteroatoms. The fourth-order valence-electron chi connectivity index (χ4n) is 3.17. The number of carbonyl (C=O) groups excluding carboxylic acids is 1. The minimum absolute atomic E-state index is 0.00188. The Labute approximate surface area is 165 Å². The lowest BCUT2D eigenvalue weighted by Crippen LogP contribution is -2.31. The summed E-state index contributed by atoms with van der Waals surface area (Å²) < 4.78 is 4.30. The number of fused-ring (bicyclic) bond motifs is 1. The van der Waals surface area contributed by atoms with Crippen molar-refractivity contribution in [2.45, 2.75) is 19.8 Å². The van der Waals surface area contributed by atoms with Crippen molar-refractivity contribution < 1.29 is 24.7 Å². The normalized spacial score (nSPS) is 18.3. The van der Waals surface area contributed by atoms with E-state index in [2.05, 4.69) is 28.9 Å². The van der Waals surface area contributed by atoms with Crippen molar-refractivity contribution in [3.8, 4) is 0 Å². The molecule has 0 radical (unpaired) electrons. The first kappa shape index (κ1) is 21.9. The summed E-state index contributed by atoms with van der Waals surface area (Å²) in [5.41, 5.74) is 2.84. The quantitative estimate of drug-likeness (QED) is 0.500. The number of benzene rings is 1. The van der Waals surface area contributed by atoms with E-state index in [1.54, 1.807) is 13.0 Å². The number of aliphatic hydroxyl groups excluding tert-OH is 1. The zero-order valence-corrected chi connectivity index (χ0v) is 16.2. The summed E-state index contributed by atoms with van der Waals surface area (Å²) in [6, 6.07) is 10.4. The number of esters is 1. The number of rotatable bonds is 6. The van der Waals surface area contributed by atoms with E-state index in [1.807, 2.05) is 35.4 Å². The summed E-state index contributed by atoms with van der Waals surface area (Å²) in [7, 11) is -1.41. The number of nitrogens with zero attached hydrogens (tertiary/aromatic N) is 2. The molecule has 0 saturated carbocycles. The van der Waals surface area contributed by atoms with E-state index in [1.165, 1.54) is 5.56 Å². The van der Waals surface area contributed by atoms with Gasteiger partial charge in [0.05, 0.1) is 12.3 Å². The van der Waals surface area contributed by atoms with E-state index in [0.717, 1.165) is 12.3 Å². The zero-order chi connectivity index (χ0) is 20.5. The molecule has 1 heterocycles. The highest BCUT2D eigenvalue weighted by Gasteiger charge is 2.34. The van der Waals surface area contributed by atoms with Crippen LogP contribution < -0.4 is 0 Å². The van der Waals surface area contributed by atoms with Gasteiger partial charge in [0.1, 0.15) is 6.61 Å². The van der Waals surface area contributed by atoms with Gasteiger partial charge >= 0.3 is 13.1 Å². The molecule has 2 unspecified atom stereocenters. The molecular weight excluding hydrogens is 359 g/mol. The Morgan fingerprint density at radius 3 is 2.64 bits per heavy atom. The Kier molecular flexibility index (Phi) is 8.44. The third kappa shape index (κ3) is 6.05. The maximum atomic E-state index is 9.94. The molecule has 1 aromatic carbocycles. The average molecular weight is 386 g/mol. The van der Waals surface area contributed by atoms with Gasteiger partial charge < -0.3 is 19.9 Å². The zero-order valence-electron chi connectivity index (χ0n) is 16.2. The molecule has 0 bridgehead atoms. The Bertz CT molecular complexity index is 733. The maximum absolute atomic E-state index is 9.94. The number of ether oxygens (including phenoxy) is 1. The first-order chi connectivity index (χ1) is 13.5. The third-order valence-electron chi connectivity index (χ3n) is 4.55. The van der Waals surface area contributed by atoms with Crippen LogP contribution in [-0.4, -0.2) is 65.3 Å². The van der Waals surface area contributed by atoms with Crippen molar-refractivity contribution in [3.63, 3.8) is 0 Å². The van der Waals surface area contributed by atoms with E-state index in [9.17, 15) is 14.8 Å². The second-order valence-corrected chi connectivity index (χ2v) is 6.62. The number of hydrogen-bond acceptors (Lipinski definition) is 7. The number of allylic oxidation sites excluding steroid dienone is 3. The monoisotopic (exact) mass is 386 g/mol. The highest BCUT2D eigenvalue weighted by molar-refractivity contribution is 6.52. The van der Waals surface area contributed by atoms with Gasteiger partial charge in [0, 0.05) is 24.9 Å². The topological polar surface area (TPSA) is 103 Å². The van der Waals surface area contributed by atoms with Crippen LogP contribution >= 0.6 is 0 Å².